The van der Waals surface area contributed by atoms with Crippen LogP contribution in [0.4, 0.5) is 0 Å². The van der Waals surface area contributed by atoms with Crippen molar-refractivity contribution in [2.45, 2.75) is 71.4 Å². The smallest absolute Gasteiger partial charge is 0.321 e. The lowest BCUT2D eigenvalue weighted by Crippen LogP contribution is -2.66. The van der Waals surface area contributed by atoms with Crippen LogP contribution in [0.3, 0.4) is 0 Å². The van der Waals surface area contributed by atoms with Crippen molar-refractivity contribution in [2.75, 3.05) is 6.61 Å². The van der Waals surface area contributed by atoms with Gasteiger partial charge in [-0.25, -0.2) is 0 Å². The number of esters is 2. The zero-order chi connectivity index (χ0) is 19.1. The third-order valence-corrected chi connectivity index (χ3v) is 3.18. The summed E-state index contributed by atoms with van der Waals surface area (Å²) in [4.78, 5) is 38.8. The first kappa shape index (κ1) is 21.3. The number of aliphatic hydroxyl groups excluding tert-OH is 1. The van der Waals surface area contributed by atoms with Gasteiger partial charge in [0.15, 0.2) is 18.5 Å². The monoisotopic (exact) mass is 363 g/mol. The molecule has 1 aliphatic heterocycles. The van der Waals surface area contributed by atoms with E-state index in [1.54, 1.807) is 13.8 Å². The van der Waals surface area contributed by atoms with Gasteiger partial charge in [-0.05, 0) is 13.8 Å². The van der Waals surface area contributed by atoms with E-state index in [0.717, 1.165) is 0 Å². The molecule has 0 aromatic rings. The Morgan fingerprint density at radius 1 is 1.04 bits per heavy atom. The van der Waals surface area contributed by atoms with Crippen LogP contribution >= 0.6 is 0 Å². The molecule has 144 valence electrons. The van der Waals surface area contributed by atoms with Gasteiger partial charge in [0.2, 0.25) is 0 Å². The Hall–Kier alpha value is -1.75. The van der Waals surface area contributed by atoms with Crippen molar-refractivity contribution in [2.24, 2.45) is 0 Å². The summed E-state index contributed by atoms with van der Waals surface area (Å²) in [5.41, 5.74) is 2.43. The van der Waals surface area contributed by atoms with E-state index in [1.165, 1.54) is 20.8 Å². The molecule has 0 radical (unpaired) electrons. The molecule has 0 spiro atoms. The molecule has 10 heteroatoms. The molecule has 1 fully saturated rings. The molecule has 2 N–H and O–H groups in total. The van der Waals surface area contributed by atoms with Crippen molar-refractivity contribution >= 4 is 17.9 Å². The first-order valence-electron chi connectivity index (χ1n) is 7.84. The van der Waals surface area contributed by atoms with Gasteiger partial charge in [0.1, 0.15) is 12.1 Å². The number of carbonyl (C=O) groups excluding carboxylic acids is 3. The topological polar surface area (TPSA) is 130 Å². The Morgan fingerprint density at radius 3 is 2.04 bits per heavy atom. The molecule has 1 saturated heterocycles. The summed E-state index contributed by atoms with van der Waals surface area (Å²) in [6.07, 6.45) is -4.55. The summed E-state index contributed by atoms with van der Waals surface area (Å²) >= 11 is 0. The lowest BCUT2D eigenvalue weighted by molar-refractivity contribution is -0.294. The van der Waals surface area contributed by atoms with Crippen LogP contribution in [0.2, 0.25) is 0 Å². The number of aliphatic hydroxyl groups is 1. The van der Waals surface area contributed by atoms with Gasteiger partial charge in [-0.3, -0.25) is 14.4 Å². The largest absolute Gasteiger partial charge is 0.456 e. The fraction of sp³-hybridized carbons (Fsp3) is 0.800. The third kappa shape index (κ3) is 6.58. The summed E-state index contributed by atoms with van der Waals surface area (Å²) in [5, 5.41) is 9.56. The number of nitrogens with one attached hydrogen (secondary N) is 1. The molecule has 0 aliphatic carbocycles. The van der Waals surface area contributed by atoms with Crippen molar-refractivity contribution in [3.8, 4) is 0 Å². The standard InChI is InChI=1S/C15H25NO9/c1-7(2)21-15-12(16-25-10(5)20)14(23-9(4)19)13(22-8(3)18)11(6-17)24-15/h7,11-17H,6H2,1-5H3/t11?,12?,13-,14?,15+/m1/s1. The first-order chi connectivity index (χ1) is 11.6. The summed E-state index contributed by atoms with van der Waals surface area (Å²) in [7, 11) is 0. The number of rotatable bonds is 7. The van der Waals surface area contributed by atoms with E-state index in [-0.39, 0.29) is 6.10 Å². The summed E-state index contributed by atoms with van der Waals surface area (Å²) in [6.45, 7) is 6.52. The van der Waals surface area contributed by atoms with Crippen molar-refractivity contribution in [1.29, 1.82) is 0 Å². The number of hydrogen-bond acceptors (Lipinski definition) is 10. The SMILES string of the molecule is CC(=O)ONC1C(OC(C)=O)[C@H](OC(C)=O)C(CO)O[C@@H]1OC(C)C. The average Bonchev–Trinajstić information content (AvgIpc) is 2.47. The fourth-order valence-corrected chi connectivity index (χ4v) is 2.38. The molecule has 0 saturated carbocycles. The molecule has 25 heavy (non-hydrogen) atoms. The normalized spacial score (nSPS) is 29.2. The Kier molecular flexibility index (Phi) is 8.23. The highest BCUT2D eigenvalue weighted by atomic mass is 16.7. The minimum absolute atomic E-state index is 0.283. The van der Waals surface area contributed by atoms with E-state index in [0.29, 0.717) is 0 Å². The zero-order valence-corrected chi connectivity index (χ0v) is 14.9. The molecular weight excluding hydrogens is 338 g/mol. The van der Waals surface area contributed by atoms with Gasteiger partial charge in [0.25, 0.3) is 0 Å². The highest BCUT2D eigenvalue weighted by Gasteiger charge is 2.51. The molecule has 0 aromatic heterocycles. The van der Waals surface area contributed by atoms with Crippen LogP contribution in [0.25, 0.3) is 0 Å². The van der Waals surface area contributed by atoms with Crippen LogP contribution in [0, 0.1) is 0 Å². The second-order valence-corrected chi connectivity index (χ2v) is 5.80. The van der Waals surface area contributed by atoms with E-state index in [2.05, 4.69) is 5.48 Å². The van der Waals surface area contributed by atoms with Gasteiger partial charge in [-0.1, -0.05) is 0 Å². The van der Waals surface area contributed by atoms with E-state index < -0.39 is 55.2 Å². The molecule has 0 aromatic carbocycles. The molecule has 3 unspecified atom stereocenters. The molecule has 10 nitrogen and oxygen atoms in total. The van der Waals surface area contributed by atoms with Crippen LogP contribution in [0.1, 0.15) is 34.6 Å². The lowest BCUT2D eigenvalue weighted by Gasteiger charge is -2.44. The van der Waals surface area contributed by atoms with Gasteiger partial charge < -0.3 is 28.9 Å². The highest BCUT2D eigenvalue weighted by molar-refractivity contribution is 5.67. The van der Waals surface area contributed by atoms with Gasteiger partial charge in [0.05, 0.1) is 12.7 Å². The number of carbonyl (C=O) groups is 3. The second kappa shape index (κ2) is 9.66. The number of hydrogen-bond donors (Lipinski definition) is 2. The Morgan fingerprint density at radius 2 is 1.60 bits per heavy atom. The Labute approximate surface area is 145 Å². The maximum absolute atomic E-state index is 11.5. The summed E-state index contributed by atoms with van der Waals surface area (Å²) < 4.78 is 21.7. The molecular formula is C15H25NO9. The van der Waals surface area contributed by atoms with Gasteiger partial charge in [-0.15, -0.1) is 5.48 Å². The lowest BCUT2D eigenvalue weighted by atomic mass is 9.96. The van der Waals surface area contributed by atoms with Crippen molar-refractivity contribution < 1.29 is 43.3 Å². The molecule has 5 atom stereocenters. The second-order valence-electron chi connectivity index (χ2n) is 5.80. The van der Waals surface area contributed by atoms with E-state index >= 15 is 0 Å². The van der Waals surface area contributed by atoms with E-state index in [9.17, 15) is 19.5 Å². The van der Waals surface area contributed by atoms with Crippen LogP contribution < -0.4 is 5.48 Å². The van der Waals surface area contributed by atoms with Crippen LogP contribution in [-0.2, 0) is 38.2 Å². The highest BCUT2D eigenvalue weighted by Crippen LogP contribution is 2.28. The Balaban J connectivity index is 3.17. The Bertz CT molecular complexity index is 482. The predicted molar refractivity (Wildman–Crippen MR) is 81.8 cm³/mol. The molecule has 0 amide bonds. The van der Waals surface area contributed by atoms with E-state index in [4.69, 9.17) is 23.8 Å². The summed E-state index contributed by atoms with van der Waals surface area (Å²) in [6, 6.07) is -0.984. The van der Waals surface area contributed by atoms with Crippen molar-refractivity contribution in [3.05, 3.63) is 0 Å². The fourth-order valence-electron chi connectivity index (χ4n) is 2.38. The van der Waals surface area contributed by atoms with Crippen molar-refractivity contribution in [1.82, 2.24) is 5.48 Å². The minimum Gasteiger partial charge on any atom is -0.456 e. The zero-order valence-electron chi connectivity index (χ0n) is 14.9. The molecule has 0 bridgehead atoms. The first-order valence-corrected chi connectivity index (χ1v) is 7.84. The van der Waals surface area contributed by atoms with Crippen LogP contribution in [0.5, 0.6) is 0 Å². The van der Waals surface area contributed by atoms with Crippen molar-refractivity contribution in [3.63, 3.8) is 0 Å². The van der Waals surface area contributed by atoms with Gasteiger partial charge in [0, 0.05) is 20.8 Å². The quantitative estimate of drug-likeness (QED) is 0.344. The minimum atomic E-state index is -1.12. The number of hydroxylamine groups is 1. The predicted octanol–water partition coefficient (Wildman–Crippen LogP) is -0.572. The number of ether oxygens (including phenoxy) is 4. The van der Waals surface area contributed by atoms with Crippen LogP contribution in [-0.4, -0.2) is 66.4 Å². The van der Waals surface area contributed by atoms with E-state index in [1.807, 2.05) is 0 Å². The maximum Gasteiger partial charge on any atom is 0.321 e. The third-order valence-electron chi connectivity index (χ3n) is 3.18. The molecule has 1 heterocycles. The maximum atomic E-state index is 11.5. The average molecular weight is 363 g/mol. The van der Waals surface area contributed by atoms with Gasteiger partial charge in [-0.2, -0.15) is 0 Å². The molecule has 1 rings (SSSR count). The van der Waals surface area contributed by atoms with Gasteiger partial charge >= 0.3 is 17.9 Å². The molecule has 1 aliphatic rings. The summed E-state index contributed by atoms with van der Waals surface area (Å²) in [5.74, 6) is -1.95. The van der Waals surface area contributed by atoms with Crippen LogP contribution in [0.15, 0.2) is 0 Å².